The molecule has 18 heavy (non-hydrogen) atoms. The summed E-state index contributed by atoms with van der Waals surface area (Å²) in [6, 6.07) is 0. The van der Waals surface area contributed by atoms with E-state index in [1.54, 1.807) is 0 Å². The second-order valence-electron chi connectivity index (χ2n) is 5.36. The van der Waals surface area contributed by atoms with Crippen molar-refractivity contribution >= 4 is 0 Å². The maximum absolute atomic E-state index is 10.4. The van der Waals surface area contributed by atoms with E-state index < -0.39 is 5.60 Å². The first kappa shape index (κ1) is 12.1. The smallest absolute Gasteiger partial charge is 0.0909 e. The minimum atomic E-state index is -0.585. The molecule has 1 atom stereocenters. The molecule has 100 valence electrons. The Kier molecular flexibility index (Phi) is 3.11. The summed E-state index contributed by atoms with van der Waals surface area (Å²) in [6.45, 7) is 4.61. The standard InChI is InChI=1S/C12H20N4O2/c17-4-3-16-11-7-15(6-10(11)5-14-16)9-12(18)1-2-13-8-12/h5,13,17-18H,1-4,6-9H2. The van der Waals surface area contributed by atoms with Crippen molar-refractivity contribution in [1.29, 1.82) is 0 Å². The van der Waals surface area contributed by atoms with Gasteiger partial charge in [0.1, 0.15) is 0 Å². The Morgan fingerprint density at radius 2 is 2.33 bits per heavy atom. The van der Waals surface area contributed by atoms with E-state index in [9.17, 15) is 5.11 Å². The monoisotopic (exact) mass is 252 g/mol. The molecular formula is C12H20N4O2. The van der Waals surface area contributed by atoms with Gasteiger partial charge in [0.2, 0.25) is 0 Å². The average Bonchev–Trinajstić information content (AvgIpc) is 2.98. The van der Waals surface area contributed by atoms with Gasteiger partial charge in [-0.2, -0.15) is 5.10 Å². The molecule has 0 bridgehead atoms. The van der Waals surface area contributed by atoms with E-state index in [4.69, 9.17) is 5.11 Å². The third-order valence-corrected chi connectivity index (χ3v) is 3.85. The summed E-state index contributed by atoms with van der Waals surface area (Å²) in [7, 11) is 0. The lowest BCUT2D eigenvalue weighted by Gasteiger charge is -2.27. The van der Waals surface area contributed by atoms with Gasteiger partial charge in [-0.15, -0.1) is 0 Å². The molecule has 3 rings (SSSR count). The zero-order chi connectivity index (χ0) is 12.6. The Bertz CT molecular complexity index is 426. The molecule has 0 aliphatic carbocycles. The molecule has 0 spiro atoms. The maximum Gasteiger partial charge on any atom is 0.0909 e. The van der Waals surface area contributed by atoms with Crippen LogP contribution in [-0.4, -0.2) is 56.7 Å². The second kappa shape index (κ2) is 4.62. The number of nitrogens with one attached hydrogen (secondary N) is 1. The predicted octanol–water partition coefficient (Wildman–Crippen LogP) is -1.08. The van der Waals surface area contributed by atoms with Gasteiger partial charge < -0.3 is 15.5 Å². The fourth-order valence-electron chi connectivity index (χ4n) is 2.95. The number of hydrogen-bond donors (Lipinski definition) is 3. The zero-order valence-electron chi connectivity index (χ0n) is 10.5. The molecule has 1 saturated heterocycles. The largest absolute Gasteiger partial charge is 0.394 e. The normalized spacial score (nSPS) is 27.9. The summed E-state index contributed by atoms with van der Waals surface area (Å²) in [4.78, 5) is 2.26. The van der Waals surface area contributed by atoms with Gasteiger partial charge in [-0.3, -0.25) is 9.58 Å². The number of nitrogens with zero attached hydrogens (tertiary/aromatic N) is 3. The molecule has 0 aromatic carbocycles. The van der Waals surface area contributed by atoms with Crippen molar-refractivity contribution in [2.45, 2.75) is 31.7 Å². The van der Waals surface area contributed by atoms with Crippen LogP contribution < -0.4 is 5.32 Å². The Morgan fingerprint density at radius 1 is 1.44 bits per heavy atom. The molecule has 1 aromatic rings. The molecule has 1 aromatic heterocycles. The van der Waals surface area contributed by atoms with Gasteiger partial charge in [-0.05, 0) is 13.0 Å². The highest BCUT2D eigenvalue weighted by Gasteiger charge is 2.35. The van der Waals surface area contributed by atoms with Gasteiger partial charge >= 0.3 is 0 Å². The predicted molar refractivity (Wildman–Crippen MR) is 65.9 cm³/mol. The number of β-amino-alcohol motifs (C(OH)–C–C–N with tert-alkyl or cyclic N) is 1. The van der Waals surface area contributed by atoms with Crippen LogP contribution in [0.15, 0.2) is 6.20 Å². The number of fused-ring (bicyclic) bond motifs is 1. The van der Waals surface area contributed by atoms with Crippen molar-refractivity contribution in [3.63, 3.8) is 0 Å². The molecule has 1 fully saturated rings. The second-order valence-corrected chi connectivity index (χ2v) is 5.36. The van der Waals surface area contributed by atoms with E-state index in [1.807, 2.05) is 10.9 Å². The molecule has 2 aliphatic rings. The fourth-order valence-corrected chi connectivity index (χ4v) is 2.95. The van der Waals surface area contributed by atoms with Gasteiger partial charge in [0, 0.05) is 31.7 Å². The van der Waals surface area contributed by atoms with Crippen LogP contribution in [0.3, 0.4) is 0 Å². The Labute approximate surface area is 106 Å². The number of aliphatic hydroxyl groups excluding tert-OH is 1. The van der Waals surface area contributed by atoms with Gasteiger partial charge in [0.15, 0.2) is 0 Å². The van der Waals surface area contributed by atoms with E-state index in [0.29, 0.717) is 19.6 Å². The molecule has 3 heterocycles. The van der Waals surface area contributed by atoms with Crippen molar-refractivity contribution in [3.8, 4) is 0 Å². The summed E-state index contributed by atoms with van der Waals surface area (Å²) in [5, 5.41) is 26.8. The van der Waals surface area contributed by atoms with Crippen molar-refractivity contribution in [2.24, 2.45) is 0 Å². The third kappa shape index (κ3) is 2.16. The molecule has 2 aliphatic heterocycles. The highest BCUT2D eigenvalue weighted by atomic mass is 16.3. The number of aromatic nitrogens is 2. The van der Waals surface area contributed by atoms with Crippen LogP contribution in [0.4, 0.5) is 0 Å². The summed E-state index contributed by atoms with van der Waals surface area (Å²) in [5.41, 5.74) is 1.82. The minimum absolute atomic E-state index is 0.113. The lowest BCUT2D eigenvalue weighted by atomic mass is 10.0. The van der Waals surface area contributed by atoms with Crippen LogP contribution in [-0.2, 0) is 19.6 Å². The highest BCUT2D eigenvalue weighted by Crippen LogP contribution is 2.25. The van der Waals surface area contributed by atoms with E-state index in [-0.39, 0.29) is 6.61 Å². The minimum Gasteiger partial charge on any atom is -0.394 e. The number of hydrogen-bond acceptors (Lipinski definition) is 5. The molecular weight excluding hydrogens is 232 g/mol. The topological polar surface area (TPSA) is 73.5 Å². The van der Waals surface area contributed by atoms with Crippen LogP contribution in [0.2, 0.25) is 0 Å². The SMILES string of the molecule is OCCn1ncc2c1CN(CC1(O)CCNC1)C2. The Morgan fingerprint density at radius 3 is 3.06 bits per heavy atom. The first-order chi connectivity index (χ1) is 8.70. The molecule has 0 saturated carbocycles. The van der Waals surface area contributed by atoms with Crippen molar-refractivity contribution < 1.29 is 10.2 Å². The molecule has 6 heteroatoms. The van der Waals surface area contributed by atoms with Crippen molar-refractivity contribution in [3.05, 3.63) is 17.5 Å². The van der Waals surface area contributed by atoms with Crippen LogP contribution in [0.5, 0.6) is 0 Å². The van der Waals surface area contributed by atoms with E-state index in [1.165, 1.54) is 11.3 Å². The van der Waals surface area contributed by atoms with Crippen LogP contribution >= 0.6 is 0 Å². The zero-order valence-corrected chi connectivity index (χ0v) is 10.5. The van der Waals surface area contributed by atoms with Gasteiger partial charge in [-0.1, -0.05) is 0 Å². The third-order valence-electron chi connectivity index (χ3n) is 3.85. The number of rotatable bonds is 4. The lowest BCUT2D eigenvalue weighted by molar-refractivity contribution is 0.0190. The molecule has 3 N–H and O–H groups in total. The fraction of sp³-hybridized carbons (Fsp3) is 0.750. The first-order valence-corrected chi connectivity index (χ1v) is 6.50. The summed E-state index contributed by atoms with van der Waals surface area (Å²) < 4.78 is 1.87. The average molecular weight is 252 g/mol. The van der Waals surface area contributed by atoms with Gasteiger partial charge in [-0.25, -0.2) is 0 Å². The molecule has 6 nitrogen and oxygen atoms in total. The molecule has 0 amide bonds. The molecule has 0 radical (unpaired) electrons. The van der Waals surface area contributed by atoms with E-state index in [0.717, 1.165) is 26.1 Å². The quantitative estimate of drug-likeness (QED) is 0.635. The first-order valence-electron chi connectivity index (χ1n) is 6.50. The highest BCUT2D eigenvalue weighted by molar-refractivity contribution is 5.22. The molecule has 1 unspecified atom stereocenters. The Hall–Kier alpha value is -0.950. The van der Waals surface area contributed by atoms with Crippen LogP contribution in [0.1, 0.15) is 17.7 Å². The summed E-state index contributed by atoms with van der Waals surface area (Å²) in [5.74, 6) is 0. The lowest BCUT2D eigenvalue weighted by Crippen LogP contribution is -2.42. The maximum atomic E-state index is 10.4. The van der Waals surface area contributed by atoms with Crippen LogP contribution in [0.25, 0.3) is 0 Å². The van der Waals surface area contributed by atoms with Crippen molar-refractivity contribution in [2.75, 3.05) is 26.2 Å². The van der Waals surface area contributed by atoms with Crippen LogP contribution in [0, 0.1) is 0 Å². The summed E-state index contributed by atoms with van der Waals surface area (Å²) in [6.07, 6.45) is 2.70. The number of aliphatic hydroxyl groups is 2. The van der Waals surface area contributed by atoms with Gasteiger partial charge in [0.05, 0.1) is 30.6 Å². The van der Waals surface area contributed by atoms with E-state index >= 15 is 0 Å². The summed E-state index contributed by atoms with van der Waals surface area (Å²) >= 11 is 0. The van der Waals surface area contributed by atoms with E-state index in [2.05, 4.69) is 15.3 Å². The van der Waals surface area contributed by atoms with Gasteiger partial charge in [0.25, 0.3) is 0 Å². The Balaban J connectivity index is 1.65. The van der Waals surface area contributed by atoms with Crippen molar-refractivity contribution in [1.82, 2.24) is 20.0 Å².